The third-order valence-electron chi connectivity index (χ3n) is 2.71. The first kappa shape index (κ1) is 8.72. The van der Waals surface area contributed by atoms with Crippen LogP contribution < -0.4 is 0 Å². The van der Waals surface area contributed by atoms with E-state index in [4.69, 9.17) is 0 Å². The highest BCUT2D eigenvalue weighted by atomic mass is 16.1. The highest BCUT2D eigenvalue weighted by molar-refractivity contribution is 5.82. The van der Waals surface area contributed by atoms with Crippen LogP contribution in [0.1, 0.15) is 26.7 Å². The van der Waals surface area contributed by atoms with Gasteiger partial charge in [-0.2, -0.15) is 0 Å². The number of nitrogens with zero attached hydrogens (tertiary/aromatic N) is 1. The van der Waals surface area contributed by atoms with E-state index in [1.807, 2.05) is 0 Å². The van der Waals surface area contributed by atoms with E-state index in [0.29, 0.717) is 17.7 Å². The van der Waals surface area contributed by atoms with Crippen LogP contribution in [0.3, 0.4) is 0 Å². The van der Waals surface area contributed by atoms with Crippen molar-refractivity contribution in [2.24, 2.45) is 5.92 Å². The lowest BCUT2D eigenvalue weighted by Crippen LogP contribution is -2.43. The fourth-order valence-electron chi connectivity index (χ4n) is 1.60. The third-order valence-corrected chi connectivity index (χ3v) is 2.71. The maximum Gasteiger partial charge on any atom is 0.138 e. The maximum atomic E-state index is 11.4. The SMILES string of the molecule is CC[C@H]1CN(C)[C@H](C)CC1=O. The van der Waals surface area contributed by atoms with Gasteiger partial charge >= 0.3 is 0 Å². The summed E-state index contributed by atoms with van der Waals surface area (Å²) in [6.45, 7) is 5.16. The molecule has 2 heteroatoms. The van der Waals surface area contributed by atoms with Crippen molar-refractivity contribution in [2.75, 3.05) is 13.6 Å². The number of likely N-dealkylation sites (tertiary alicyclic amines) is 1. The van der Waals surface area contributed by atoms with Crippen molar-refractivity contribution in [1.82, 2.24) is 4.90 Å². The molecule has 1 heterocycles. The lowest BCUT2D eigenvalue weighted by molar-refractivity contribution is -0.127. The molecular weight excluding hydrogens is 138 g/mol. The van der Waals surface area contributed by atoms with E-state index in [1.54, 1.807) is 0 Å². The Kier molecular flexibility index (Phi) is 2.66. The minimum absolute atomic E-state index is 0.302. The summed E-state index contributed by atoms with van der Waals surface area (Å²) >= 11 is 0. The summed E-state index contributed by atoms with van der Waals surface area (Å²) in [6, 6.07) is 0.449. The molecule has 0 aromatic heterocycles. The first-order valence-corrected chi connectivity index (χ1v) is 4.38. The Bertz CT molecular complexity index is 156. The molecule has 1 aliphatic rings. The molecule has 0 unspecified atom stereocenters. The number of carbonyl (C=O) groups is 1. The second-order valence-electron chi connectivity index (χ2n) is 3.56. The summed E-state index contributed by atoms with van der Waals surface area (Å²) in [5.41, 5.74) is 0. The standard InChI is InChI=1S/C9H17NO/c1-4-8-6-10(3)7(2)5-9(8)11/h7-8H,4-6H2,1-3H3/t7-,8+/m1/s1. The number of carbonyl (C=O) groups excluding carboxylic acids is 1. The fraction of sp³-hybridized carbons (Fsp3) is 0.889. The van der Waals surface area contributed by atoms with E-state index in [2.05, 4.69) is 25.8 Å². The van der Waals surface area contributed by atoms with Crippen molar-refractivity contribution in [3.8, 4) is 0 Å². The van der Waals surface area contributed by atoms with Crippen LogP contribution in [0.4, 0.5) is 0 Å². The summed E-state index contributed by atoms with van der Waals surface area (Å²) < 4.78 is 0. The van der Waals surface area contributed by atoms with E-state index in [9.17, 15) is 4.79 Å². The van der Waals surface area contributed by atoms with Crippen LogP contribution in [0, 0.1) is 5.92 Å². The number of Topliss-reactive ketones (excluding diaryl/α,β-unsaturated/α-hetero) is 1. The van der Waals surface area contributed by atoms with E-state index in [0.717, 1.165) is 19.4 Å². The maximum absolute atomic E-state index is 11.4. The number of ketones is 1. The summed E-state index contributed by atoms with van der Waals surface area (Å²) in [6.07, 6.45) is 1.74. The van der Waals surface area contributed by atoms with Gasteiger partial charge in [0.15, 0.2) is 0 Å². The van der Waals surface area contributed by atoms with E-state index in [-0.39, 0.29) is 0 Å². The molecule has 0 radical (unpaired) electrons. The molecule has 1 saturated heterocycles. The van der Waals surface area contributed by atoms with Crippen LogP contribution in [0.2, 0.25) is 0 Å². The molecule has 0 saturated carbocycles. The van der Waals surface area contributed by atoms with Gasteiger partial charge in [-0.05, 0) is 20.4 Å². The number of hydrogen-bond donors (Lipinski definition) is 0. The molecule has 0 aromatic carbocycles. The third kappa shape index (κ3) is 1.80. The fourth-order valence-corrected chi connectivity index (χ4v) is 1.60. The van der Waals surface area contributed by atoms with Gasteiger partial charge in [0.05, 0.1) is 0 Å². The van der Waals surface area contributed by atoms with Gasteiger partial charge < -0.3 is 4.90 Å². The van der Waals surface area contributed by atoms with Crippen LogP contribution in [0.5, 0.6) is 0 Å². The van der Waals surface area contributed by atoms with Gasteiger partial charge in [-0.3, -0.25) is 4.79 Å². The van der Waals surface area contributed by atoms with E-state index < -0.39 is 0 Å². The van der Waals surface area contributed by atoms with Crippen LogP contribution in [-0.4, -0.2) is 30.3 Å². The Morgan fingerprint density at radius 1 is 1.64 bits per heavy atom. The molecule has 1 aliphatic heterocycles. The molecular formula is C9H17NO. The summed E-state index contributed by atoms with van der Waals surface area (Å²) in [4.78, 5) is 13.6. The van der Waals surface area contributed by atoms with Gasteiger partial charge in [0.25, 0.3) is 0 Å². The molecule has 0 bridgehead atoms. The van der Waals surface area contributed by atoms with E-state index >= 15 is 0 Å². The first-order valence-electron chi connectivity index (χ1n) is 4.38. The average Bonchev–Trinajstić information content (AvgIpc) is 1.97. The molecule has 2 nitrogen and oxygen atoms in total. The Balaban J connectivity index is 2.55. The smallest absolute Gasteiger partial charge is 0.138 e. The second-order valence-corrected chi connectivity index (χ2v) is 3.56. The number of rotatable bonds is 1. The van der Waals surface area contributed by atoms with Crippen LogP contribution in [-0.2, 0) is 4.79 Å². The highest BCUT2D eigenvalue weighted by Gasteiger charge is 2.27. The largest absolute Gasteiger partial charge is 0.303 e. The van der Waals surface area contributed by atoms with E-state index in [1.165, 1.54) is 0 Å². The molecule has 0 amide bonds. The molecule has 2 atom stereocenters. The second kappa shape index (κ2) is 3.35. The quantitative estimate of drug-likeness (QED) is 0.569. The predicted molar refractivity (Wildman–Crippen MR) is 45.5 cm³/mol. The zero-order valence-electron chi connectivity index (χ0n) is 7.63. The Hall–Kier alpha value is -0.370. The van der Waals surface area contributed by atoms with Crippen LogP contribution in [0.15, 0.2) is 0 Å². The van der Waals surface area contributed by atoms with Crippen molar-refractivity contribution in [3.63, 3.8) is 0 Å². The summed E-state index contributed by atoms with van der Waals surface area (Å²) in [5.74, 6) is 0.759. The monoisotopic (exact) mass is 155 g/mol. The van der Waals surface area contributed by atoms with Gasteiger partial charge in [0.2, 0.25) is 0 Å². The molecule has 1 rings (SSSR count). The van der Waals surface area contributed by atoms with Crippen LogP contribution in [0.25, 0.3) is 0 Å². The Morgan fingerprint density at radius 3 is 2.82 bits per heavy atom. The Morgan fingerprint density at radius 2 is 2.27 bits per heavy atom. The van der Waals surface area contributed by atoms with Gasteiger partial charge in [-0.15, -0.1) is 0 Å². The molecule has 1 fully saturated rings. The number of hydrogen-bond acceptors (Lipinski definition) is 2. The molecule has 0 aliphatic carbocycles. The molecule has 11 heavy (non-hydrogen) atoms. The first-order chi connectivity index (χ1) is 5.15. The normalized spacial score (nSPS) is 34.3. The molecule has 64 valence electrons. The minimum Gasteiger partial charge on any atom is -0.303 e. The molecule has 0 spiro atoms. The van der Waals surface area contributed by atoms with Crippen molar-refractivity contribution >= 4 is 5.78 Å². The number of piperidine rings is 1. The lowest BCUT2D eigenvalue weighted by Gasteiger charge is -2.33. The highest BCUT2D eigenvalue weighted by Crippen LogP contribution is 2.18. The zero-order chi connectivity index (χ0) is 8.43. The van der Waals surface area contributed by atoms with Crippen molar-refractivity contribution in [3.05, 3.63) is 0 Å². The summed E-state index contributed by atoms with van der Waals surface area (Å²) in [5, 5.41) is 0. The van der Waals surface area contributed by atoms with Gasteiger partial charge in [0.1, 0.15) is 5.78 Å². The zero-order valence-corrected chi connectivity index (χ0v) is 7.63. The minimum atomic E-state index is 0.302. The van der Waals surface area contributed by atoms with Crippen molar-refractivity contribution < 1.29 is 4.79 Å². The van der Waals surface area contributed by atoms with Crippen molar-refractivity contribution in [2.45, 2.75) is 32.7 Å². The van der Waals surface area contributed by atoms with Gasteiger partial charge in [-0.1, -0.05) is 6.92 Å². The summed E-state index contributed by atoms with van der Waals surface area (Å²) in [7, 11) is 2.10. The molecule has 0 aromatic rings. The van der Waals surface area contributed by atoms with Gasteiger partial charge in [0, 0.05) is 24.9 Å². The molecule has 0 N–H and O–H groups in total. The lowest BCUT2D eigenvalue weighted by atomic mass is 9.91. The Labute approximate surface area is 68.6 Å². The predicted octanol–water partition coefficient (Wildman–Crippen LogP) is 1.31. The van der Waals surface area contributed by atoms with Gasteiger partial charge in [-0.25, -0.2) is 0 Å². The van der Waals surface area contributed by atoms with Crippen molar-refractivity contribution in [1.29, 1.82) is 0 Å². The van der Waals surface area contributed by atoms with Crippen LogP contribution >= 0.6 is 0 Å². The topological polar surface area (TPSA) is 20.3 Å². The average molecular weight is 155 g/mol.